The Kier molecular flexibility index (Phi) is 4.87. The number of nitrogens with zero attached hydrogens (tertiary/aromatic N) is 1. The van der Waals surface area contributed by atoms with Crippen LogP contribution in [0.5, 0.6) is 0 Å². The number of aryl methyl sites for hydroxylation is 1. The summed E-state index contributed by atoms with van der Waals surface area (Å²) in [5.41, 5.74) is 10.3. The minimum atomic E-state index is 1.27. The molecule has 0 aliphatic rings. The average Bonchev–Trinajstić information content (AvgIpc) is 3.84. The summed E-state index contributed by atoms with van der Waals surface area (Å²) in [4.78, 5) is 0. The molecule has 0 fully saturated rings. The molecule has 0 spiro atoms. The van der Waals surface area contributed by atoms with Gasteiger partial charge in [0.25, 0.3) is 0 Å². The lowest BCUT2D eigenvalue weighted by atomic mass is 9.98. The fourth-order valence-corrected chi connectivity index (χ4v) is 10.5. The molecule has 7 aromatic carbocycles. The number of aromatic nitrogens is 1. The summed E-state index contributed by atoms with van der Waals surface area (Å²) < 4.78 is 7.92. The number of fused-ring (bicyclic) bond motifs is 12. The largest absolute Gasteiger partial charge is 0.308 e. The van der Waals surface area contributed by atoms with E-state index >= 15 is 0 Å². The first kappa shape index (κ1) is 25.0. The zero-order valence-corrected chi connectivity index (χ0v) is 26.6. The van der Waals surface area contributed by atoms with Gasteiger partial charge in [0.15, 0.2) is 0 Å². The molecule has 11 rings (SSSR count). The third-order valence-corrected chi connectivity index (χ3v) is 12.4. The van der Waals surface area contributed by atoms with E-state index in [0.717, 1.165) is 0 Å². The maximum Gasteiger partial charge on any atom is 0.0620 e. The minimum Gasteiger partial charge on any atom is -0.308 e. The van der Waals surface area contributed by atoms with Gasteiger partial charge in [0.1, 0.15) is 0 Å². The summed E-state index contributed by atoms with van der Waals surface area (Å²) in [5.74, 6) is 0. The third-order valence-electron chi connectivity index (χ3n) is 9.96. The van der Waals surface area contributed by atoms with Crippen molar-refractivity contribution in [2.24, 2.45) is 0 Å². The quantitative estimate of drug-likeness (QED) is 0.181. The van der Waals surface area contributed by atoms with Crippen LogP contribution in [0.1, 0.15) is 5.56 Å². The summed E-state index contributed by atoms with van der Waals surface area (Å²) in [6.45, 7) is 2.24. The fourth-order valence-electron chi connectivity index (χ4n) is 7.98. The van der Waals surface area contributed by atoms with Gasteiger partial charge in [-0.25, -0.2) is 0 Å². The molecule has 1 nitrogen and oxygen atoms in total. The third kappa shape index (κ3) is 3.24. The summed E-state index contributed by atoms with van der Waals surface area (Å²) in [7, 11) is 0. The normalized spacial score (nSPS) is 12.5. The Morgan fingerprint density at radius 3 is 1.41 bits per heavy atom. The first-order chi connectivity index (χ1) is 22.7. The van der Waals surface area contributed by atoms with Crippen LogP contribution in [0.2, 0.25) is 0 Å². The molecule has 0 atom stereocenters. The molecule has 0 unspecified atom stereocenters. The molecule has 0 N–H and O–H groups in total. The molecule has 4 heterocycles. The molecule has 0 aliphatic carbocycles. The predicted molar refractivity (Wildman–Crippen MR) is 202 cm³/mol. The molecular weight excluding hydrogens is 595 g/mol. The van der Waals surface area contributed by atoms with Gasteiger partial charge in [0.05, 0.1) is 16.6 Å². The van der Waals surface area contributed by atoms with Crippen LogP contribution < -0.4 is 0 Å². The van der Waals surface area contributed by atoms with Gasteiger partial charge in [-0.05, 0) is 83.3 Å². The van der Waals surface area contributed by atoms with Gasteiger partial charge in [0.2, 0.25) is 0 Å². The van der Waals surface area contributed by atoms with Crippen molar-refractivity contribution < 1.29 is 0 Å². The summed E-state index contributed by atoms with van der Waals surface area (Å²) >= 11 is 3.80. The highest BCUT2D eigenvalue weighted by Gasteiger charge is 2.20. The smallest absolute Gasteiger partial charge is 0.0620 e. The Hall–Kier alpha value is -5.22. The van der Waals surface area contributed by atoms with E-state index < -0.39 is 0 Å². The zero-order chi connectivity index (χ0) is 30.1. The molecule has 3 heteroatoms. The van der Waals surface area contributed by atoms with Gasteiger partial charge in [0, 0.05) is 61.9 Å². The van der Waals surface area contributed by atoms with Gasteiger partial charge in [-0.3, -0.25) is 0 Å². The van der Waals surface area contributed by atoms with E-state index in [2.05, 4.69) is 145 Å². The monoisotopic (exact) mass is 619 g/mol. The van der Waals surface area contributed by atoms with E-state index in [9.17, 15) is 0 Å². The Morgan fingerprint density at radius 2 is 0.891 bits per heavy atom. The van der Waals surface area contributed by atoms with E-state index in [-0.39, 0.29) is 0 Å². The standard InChI is InChI=1S/C43H25NS2/c1-24-20-35-33-22-25(27-10-6-12-31-29-8-2-4-14-39(29)45-42(27)31)16-18-37(33)44-38-19-17-26(23-34(38)36(21-24)41(35)44)28-11-7-13-32-30-9-3-5-15-40(30)46-43(28)32/h2-23H,1H3. The van der Waals surface area contributed by atoms with Crippen molar-refractivity contribution in [3.63, 3.8) is 0 Å². The molecule has 0 aliphatic heterocycles. The van der Waals surface area contributed by atoms with Gasteiger partial charge in [-0.1, -0.05) is 84.9 Å². The molecule has 0 amide bonds. The maximum atomic E-state index is 2.50. The van der Waals surface area contributed by atoms with Crippen LogP contribution in [-0.4, -0.2) is 4.40 Å². The first-order valence-corrected chi connectivity index (χ1v) is 17.4. The molecule has 0 bridgehead atoms. The van der Waals surface area contributed by atoms with Crippen molar-refractivity contribution in [2.45, 2.75) is 6.92 Å². The van der Waals surface area contributed by atoms with Crippen LogP contribution >= 0.6 is 22.7 Å². The van der Waals surface area contributed by atoms with Gasteiger partial charge >= 0.3 is 0 Å². The number of hydrogen-bond donors (Lipinski definition) is 0. The van der Waals surface area contributed by atoms with E-state index in [1.54, 1.807) is 0 Å². The zero-order valence-electron chi connectivity index (χ0n) is 25.0. The van der Waals surface area contributed by atoms with Crippen LogP contribution in [0.25, 0.3) is 101 Å². The summed E-state index contributed by atoms with van der Waals surface area (Å²) in [6.07, 6.45) is 0. The second-order valence-electron chi connectivity index (χ2n) is 12.6. The first-order valence-electron chi connectivity index (χ1n) is 15.8. The van der Waals surface area contributed by atoms with Crippen LogP contribution in [0.3, 0.4) is 0 Å². The van der Waals surface area contributed by atoms with Crippen molar-refractivity contribution in [1.29, 1.82) is 0 Å². The number of benzene rings is 7. The molecule has 0 saturated heterocycles. The van der Waals surface area contributed by atoms with Crippen LogP contribution in [0, 0.1) is 6.92 Å². The fraction of sp³-hybridized carbons (Fsp3) is 0.0233. The number of hydrogen-bond acceptors (Lipinski definition) is 2. The van der Waals surface area contributed by atoms with E-state index in [1.807, 2.05) is 22.7 Å². The van der Waals surface area contributed by atoms with Crippen molar-refractivity contribution in [3.05, 3.63) is 139 Å². The Balaban J connectivity index is 1.16. The molecule has 11 aromatic rings. The molecule has 0 saturated carbocycles. The molecular formula is C43H25NS2. The van der Waals surface area contributed by atoms with Gasteiger partial charge in [-0.15, -0.1) is 22.7 Å². The van der Waals surface area contributed by atoms with Crippen LogP contribution in [-0.2, 0) is 0 Å². The SMILES string of the molecule is Cc1cc2c3cc(-c4cccc5c4sc4ccccc45)ccc3n3c4ccc(-c5cccc6c5sc5ccccc56)cc4c(c1)c23. The van der Waals surface area contributed by atoms with Crippen molar-refractivity contribution in [2.75, 3.05) is 0 Å². The number of thiophene rings is 2. The van der Waals surface area contributed by atoms with Crippen molar-refractivity contribution >= 4 is 101 Å². The van der Waals surface area contributed by atoms with Crippen LogP contribution in [0.15, 0.2) is 133 Å². The molecule has 214 valence electrons. The van der Waals surface area contributed by atoms with Gasteiger partial charge in [-0.2, -0.15) is 0 Å². The van der Waals surface area contributed by atoms with E-state index in [1.165, 1.54) is 106 Å². The lowest BCUT2D eigenvalue weighted by molar-refractivity contribution is 1.37. The minimum absolute atomic E-state index is 1.27. The second-order valence-corrected chi connectivity index (χ2v) is 14.7. The van der Waals surface area contributed by atoms with E-state index in [0.29, 0.717) is 0 Å². The average molecular weight is 620 g/mol. The Bertz CT molecular complexity index is 2840. The lowest BCUT2D eigenvalue weighted by Crippen LogP contribution is -1.83. The van der Waals surface area contributed by atoms with Crippen molar-refractivity contribution in [3.8, 4) is 22.3 Å². The summed E-state index contributed by atoms with van der Waals surface area (Å²) in [6, 6.07) is 50.0. The Morgan fingerprint density at radius 1 is 0.413 bits per heavy atom. The lowest BCUT2D eigenvalue weighted by Gasteiger charge is -2.07. The summed E-state index contributed by atoms with van der Waals surface area (Å²) in [5, 5.41) is 10.7. The van der Waals surface area contributed by atoms with Gasteiger partial charge < -0.3 is 4.40 Å². The number of rotatable bonds is 2. The topological polar surface area (TPSA) is 4.41 Å². The maximum absolute atomic E-state index is 2.50. The predicted octanol–water partition coefficient (Wildman–Crippen LogP) is 13.2. The molecule has 0 radical (unpaired) electrons. The highest BCUT2D eigenvalue weighted by Crippen LogP contribution is 2.45. The Labute approximate surface area is 272 Å². The molecule has 46 heavy (non-hydrogen) atoms. The highest BCUT2D eigenvalue weighted by molar-refractivity contribution is 7.26. The second kappa shape index (κ2) is 8.95. The van der Waals surface area contributed by atoms with Crippen molar-refractivity contribution in [1.82, 2.24) is 4.40 Å². The molecule has 4 aromatic heterocycles. The highest BCUT2D eigenvalue weighted by atomic mass is 32.1. The van der Waals surface area contributed by atoms with E-state index in [4.69, 9.17) is 0 Å². The van der Waals surface area contributed by atoms with Crippen LogP contribution in [0.4, 0.5) is 0 Å².